The summed E-state index contributed by atoms with van der Waals surface area (Å²) in [5.74, 6) is 0. The normalized spacial score (nSPS) is 22.0. The summed E-state index contributed by atoms with van der Waals surface area (Å²) in [6.07, 6.45) is 8.69. The summed E-state index contributed by atoms with van der Waals surface area (Å²) in [7, 11) is 0. The van der Waals surface area contributed by atoms with Crippen molar-refractivity contribution >= 4 is 0 Å². The first-order valence-corrected chi connectivity index (χ1v) is 7.52. The Hall–Kier alpha value is -0.120. The van der Waals surface area contributed by atoms with Crippen molar-refractivity contribution < 1.29 is 14.6 Å². The zero-order chi connectivity index (χ0) is 13.4. The van der Waals surface area contributed by atoms with Crippen LogP contribution in [-0.4, -0.2) is 36.1 Å². The van der Waals surface area contributed by atoms with Crippen LogP contribution < -0.4 is 0 Å². The molecule has 0 saturated heterocycles. The fourth-order valence-corrected chi connectivity index (χ4v) is 2.76. The second-order valence-corrected chi connectivity index (χ2v) is 5.75. The SMILES string of the molecule is CCCCC1(OC(C)COC(C)CO)CCCC1. The van der Waals surface area contributed by atoms with Gasteiger partial charge in [0, 0.05) is 0 Å². The van der Waals surface area contributed by atoms with Gasteiger partial charge >= 0.3 is 0 Å². The highest BCUT2D eigenvalue weighted by Gasteiger charge is 2.35. The number of hydrogen-bond acceptors (Lipinski definition) is 3. The van der Waals surface area contributed by atoms with Crippen LogP contribution in [0.4, 0.5) is 0 Å². The minimum atomic E-state index is -0.0915. The maximum absolute atomic E-state index is 8.93. The summed E-state index contributed by atoms with van der Waals surface area (Å²) in [6.45, 7) is 6.85. The Morgan fingerprint density at radius 1 is 1.17 bits per heavy atom. The molecule has 0 aromatic carbocycles. The molecule has 0 aliphatic heterocycles. The second-order valence-electron chi connectivity index (χ2n) is 5.75. The minimum Gasteiger partial charge on any atom is -0.394 e. The van der Waals surface area contributed by atoms with Crippen LogP contribution in [0.3, 0.4) is 0 Å². The van der Waals surface area contributed by atoms with Gasteiger partial charge in [-0.1, -0.05) is 32.6 Å². The number of unbranched alkanes of at least 4 members (excludes halogenated alkanes) is 1. The summed E-state index contributed by atoms with van der Waals surface area (Å²) < 4.78 is 11.8. The van der Waals surface area contributed by atoms with Crippen LogP contribution in [0.5, 0.6) is 0 Å². The standard InChI is InChI=1S/C15H30O3/c1-4-5-8-15(9-6-7-10-15)18-14(3)12-17-13(2)11-16/h13-14,16H,4-12H2,1-3H3. The first-order chi connectivity index (χ1) is 8.62. The molecule has 1 rings (SSSR count). The van der Waals surface area contributed by atoms with E-state index in [0.29, 0.717) is 6.61 Å². The van der Waals surface area contributed by atoms with E-state index in [4.69, 9.17) is 14.6 Å². The van der Waals surface area contributed by atoms with Crippen LogP contribution in [0.1, 0.15) is 65.7 Å². The van der Waals surface area contributed by atoms with Crippen LogP contribution in [0, 0.1) is 0 Å². The Bertz CT molecular complexity index is 212. The van der Waals surface area contributed by atoms with E-state index in [2.05, 4.69) is 13.8 Å². The maximum atomic E-state index is 8.93. The number of hydrogen-bond donors (Lipinski definition) is 1. The van der Waals surface area contributed by atoms with E-state index in [-0.39, 0.29) is 24.4 Å². The molecular weight excluding hydrogens is 228 g/mol. The summed E-state index contributed by atoms with van der Waals surface area (Å²) in [5.41, 5.74) is 0.112. The molecule has 3 nitrogen and oxygen atoms in total. The van der Waals surface area contributed by atoms with Gasteiger partial charge in [-0.05, 0) is 33.1 Å². The summed E-state index contributed by atoms with van der Waals surface area (Å²) in [4.78, 5) is 0. The predicted molar refractivity (Wildman–Crippen MR) is 73.8 cm³/mol. The zero-order valence-electron chi connectivity index (χ0n) is 12.3. The summed E-state index contributed by atoms with van der Waals surface area (Å²) in [6, 6.07) is 0. The van der Waals surface area contributed by atoms with E-state index >= 15 is 0 Å². The Kier molecular flexibility index (Phi) is 7.20. The third-order valence-electron chi connectivity index (χ3n) is 3.82. The van der Waals surface area contributed by atoms with Crippen molar-refractivity contribution in [3.63, 3.8) is 0 Å². The lowest BCUT2D eigenvalue weighted by Crippen LogP contribution is -2.35. The molecule has 0 amide bonds. The average molecular weight is 258 g/mol. The van der Waals surface area contributed by atoms with Crippen LogP contribution in [0.15, 0.2) is 0 Å². The molecule has 1 aliphatic carbocycles. The van der Waals surface area contributed by atoms with Gasteiger partial charge in [-0.2, -0.15) is 0 Å². The van der Waals surface area contributed by atoms with Crippen molar-refractivity contribution in [3.8, 4) is 0 Å². The van der Waals surface area contributed by atoms with Gasteiger partial charge in [-0.15, -0.1) is 0 Å². The van der Waals surface area contributed by atoms with Gasteiger partial charge < -0.3 is 14.6 Å². The molecule has 0 spiro atoms. The lowest BCUT2D eigenvalue weighted by Gasteiger charge is -2.33. The molecule has 18 heavy (non-hydrogen) atoms. The predicted octanol–water partition coefficient (Wildman–Crippen LogP) is 3.29. The third kappa shape index (κ3) is 5.25. The Balaban J connectivity index is 2.35. The van der Waals surface area contributed by atoms with Crippen molar-refractivity contribution in [3.05, 3.63) is 0 Å². The van der Waals surface area contributed by atoms with E-state index in [9.17, 15) is 0 Å². The van der Waals surface area contributed by atoms with Crippen molar-refractivity contribution in [1.82, 2.24) is 0 Å². The van der Waals surface area contributed by atoms with E-state index < -0.39 is 0 Å². The number of aliphatic hydroxyl groups excluding tert-OH is 1. The molecule has 2 atom stereocenters. The maximum Gasteiger partial charge on any atom is 0.0788 e. The van der Waals surface area contributed by atoms with E-state index in [1.165, 1.54) is 44.9 Å². The van der Waals surface area contributed by atoms with Crippen LogP contribution in [0.2, 0.25) is 0 Å². The lowest BCUT2D eigenvalue weighted by molar-refractivity contribution is -0.124. The largest absolute Gasteiger partial charge is 0.394 e. The first kappa shape index (κ1) is 15.9. The summed E-state index contributed by atoms with van der Waals surface area (Å²) in [5, 5.41) is 8.93. The van der Waals surface area contributed by atoms with Gasteiger partial charge in [0.15, 0.2) is 0 Å². The zero-order valence-corrected chi connectivity index (χ0v) is 12.3. The van der Waals surface area contributed by atoms with Gasteiger partial charge in [0.05, 0.1) is 31.0 Å². The van der Waals surface area contributed by atoms with Gasteiger partial charge in [0.25, 0.3) is 0 Å². The van der Waals surface area contributed by atoms with Crippen LogP contribution >= 0.6 is 0 Å². The quantitative estimate of drug-likeness (QED) is 0.689. The Morgan fingerprint density at radius 2 is 1.83 bits per heavy atom. The fourth-order valence-electron chi connectivity index (χ4n) is 2.76. The highest BCUT2D eigenvalue weighted by molar-refractivity contribution is 4.87. The highest BCUT2D eigenvalue weighted by Crippen LogP contribution is 2.38. The molecule has 0 aromatic rings. The molecule has 0 bridgehead atoms. The summed E-state index contributed by atoms with van der Waals surface area (Å²) >= 11 is 0. The van der Waals surface area contributed by atoms with Gasteiger partial charge in [0.1, 0.15) is 0 Å². The molecule has 1 N–H and O–H groups in total. The number of ether oxygens (including phenoxy) is 2. The molecule has 108 valence electrons. The Labute approximate surface area is 112 Å². The number of rotatable bonds is 9. The molecule has 1 aliphatic rings. The van der Waals surface area contributed by atoms with Crippen LogP contribution in [-0.2, 0) is 9.47 Å². The van der Waals surface area contributed by atoms with Crippen LogP contribution in [0.25, 0.3) is 0 Å². The number of aliphatic hydroxyl groups is 1. The molecule has 0 aromatic heterocycles. The first-order valence-electron chi connectivity index (χ1n) is 7.52. The van der Waals surface area contributed by atoms with Gasteiger partial charge in [0.2, 0.25) is 0 Å². The van der Waals surface area contributed by atoms with E-state index in [1.807, 2.05) is 6.92 Å². The third-order valence-corrected chi connectivity index (χ3v) is 3.82. The molecule has 0 heterocycles. The molecular formula is C15H30O3. The van der Waals surface area contributed by atoms with Crippen molar-refractivity contribution in [2.45, 2.75) is 83.5 Å². The Morgan fingerprint density at radius 3 is 2.39 bits per heavy atom. The second kappa shape index (κ2) is 8.13. The highest BCUT2D eigenvalue weighted by atomic mass is 16.6. The van der Waals surface area contributed by atoms with Crippen molar-refractivity contribution in [2.24, 2.45) is 0 Å². The van der Waals surface area contributed by atoms with E-state index in [0.717, 1.165) is 0 Å². The molecule has 2 unspecified atom stereocenters. The fraction of sp³-hybridized carbons (Fsp3) is 1.00. The molecule has 1 saturated carbocycles. The molecule has 1 fully saturated rings. The molecule has 3 heteroatoms. The smallest absolute Gasteiger partial charge is 0.0788 e. The minimum absolute atomic E-state index is 0.0771. The van der Waals surface area contributed by atoms with Gasteiger partial charge in [-0.3, -0.25) is 0 Å². The topological polar surface area (TPSA) is 38.7 Å². The lowest BCUT2D eigenvalue weighted by atomic mass is 9.94. The van der Waals surface area contributed by atoms with E-state index in [1.54, 1.807) is 0 Å². The molecule has 0 radical (unpaired) electrons. The van der Waals surface area contributed by atoms with Gasteiger partial charge in [-0.25, -0.2) is 0 Å². The average Bonchev–Trinajstić information content (AvgIpc) is 2.82. The monoisotopic (exact) mass is 258 g/mol. The van der Waals surface area contributed by atoms with Crippen molar-refractivity contribution in [1.29, 1.82) is 0 Å². The van der Waals surface area contributed by atoms with Crippen molar-refractivity contribution in [2.75, 3.05) is 13.2 Å².